The lowest BCUT2D eigenvalue weighted by atomic mass is 9.96. The topological polar surface area (TPSA) is 95.6 Å². The molecule has 0 amide bonds. The molecule has 6 rings (SSSR count). The predicted molar refractivity (Wildman–Crippen MR) is 183 cm³/mol. The Labute approximate surface area is 267 Å². The van der Waals surface area contributed by atoms with E-state index in [1.165, 1.54) is 15.2 Å². The van der Waals surface area contributed by atoms with Gasteiger partial charge in [0.2, 0.25) is 0 Å². The van der Waals surface area contributed by atoms with Crippen molar-refractivity contribution in [2.45, 2.75) is 25.7 Å². The van der Waals surface area contributed by atoms with E-state index in [1.54, 1.807) is 56.8 Å². The van der Waals surface area contributed by atoms with Crippen molar-refractivity contribution in [2.75, 3.05) is 50.1 Å². The predicted octanol–water partition coefficient (Wildman–Crippen LogP) is 5.10. The Morgan fingerprint density at radius 2 is 1.85 bits per heavy atom. The molecule has 1 saturated heterocycles. The fourth-order valence-corrected chi connectivity index (χ4v) is 6.09. The third-order valence-corrected chi connectivity index (χ3v) is 8.97. The van der Waals surface area contributed by atoms with Crippen LogP contribution in [0.25, 0.3) is 22.0 Å². The smallest absolute Gasteiger partial charge is 0.274 e. The average Bonchev–Trinajstić information content (AvgIpc) is 3.90. The van der Waals surface area contributed by atoms with Crippen molar-refractivity contribution in [2.24, 2.45) is 7.05 Å². The van der Waals surface area contributed by atoms with Crippen LogP contribution in [0.15, 0.2) is 88.9 Å². The van der Waals surface area contributed by atoms with Crippen LogP contribution in [0.5, 0.6) is 0 Å². The number of halogens is 1. The fraction of sp³-hybridized carbons (Fsp3) is 0.306. The van der Waals surface area contributed by atoms with Crippen LogP contribution in [0.1, 0.15) is 36.8 Å². The van der Waals surface area contributed by atoms with Gasteiger partial charge in [0.1, 0.15) is 17.3 Å². The first-order valence-corrected chi connectivity index (χ1v) is 15.5. The molecule has 46 heavy (non-hydrogen) atoms. The molecule has 4 heterocycles. The molecular weight excluding hydrogens is 583 g/mol. The van der Waals surface area contributed by atoms with Gasteiger partial charge in [-0.25, -0.2) is 9.37 Å². The summed E-state index contributed by atoms with van der Waals surface area (Å²) in [6.45, 7) is 8.97. The molecule has 238 valence electrons. The quantitative estimate of drug-likeness (QED) is 0.251. The number of aromatic nitrogens is 3. The van der Waals surface area contributed by atoms with Crippen LogP contribution in [0.2, 0.25) is 0 Å². The van der Waals surface area contributed by atoms with E-state index in [0.717, 1.165) is 50.3 Å². The minimum Gasteiger partial charge on any atom is -0.392 e. The van der Waals surface area contributed by atoms with E-state index in [0.29, 0.717) is 45.2 Å². The first kappa shape index (κ1) is 31.2. The highest BCUT2D eigenvalue weighted by Gasteiger charge is 2.25. The number of aliphatic hydroxyl groups is 1. The molecule has 1 aliphatic heterocycles. The summed E-state index contributed by atoms with van der Waals surface area (Å²) in [5.74, 6) is 0.331. The van der Waals surface area contributed by atoms with E-state index in [1.807, 2.05) is 18.2 Å². The maximum absolute atomic E-state index is 15.3. The molecule has 0 radical (unpaired) electrons. The molecule has 9 nitrogen and oxygen atoms in total. The van der Waals surface area contributed by atoms with Gasteiger partial charge in [0.25, 0.3) is 11.1 Å². The number of nitrogens with one attached hydrogen (secondary N) is 1. The van der Waals surface area contributed by atoms with Crippen LogP contribution in [-0.2, 0) is 7.05 Å². The molecule has 4 aromatic rings. The maximum Gasteiger partial charge on any atom is 0.274 e. The Morgan fingerprint density at radius 3 is 2.50 bits per heavy atom. The molecule has 0 spiro atoms. The third kappa shape index (κ3) is 6.18. The molecule has 2 fully saturated rings. The van der Waals surface area contributed by atoms with Crippen molar-refractivity contribution < 1.29 is 9.50 Å². The molecule has 2 aliphatic rings. The van der Waals surface area contributed by atoms with Crippen molar-refractivity contribution in [1.82, 2.24) is 19.0 Å². The Kier molecular flexibility index (Phi) is 8.75. The average molecular weight is 623 g/mol. The van der Waals surface area contributed by atoms with Crippen molar-refractivity contribution in [3.8, 4) is 0 Å². The molecule has 1 aliphatic carbocycles. The Morgan fingerprint density at radius 1 is 1.09 bits per heavy atom. The standard InChI is InChI=1S/C36H39FN6O3/c1-5-6-29(30(22-44)23(2)43-12-11-25-17-26(24-7-8-24)18-31(37)34(25)36(43)46)27-19-32(35(45)41(4)21-27)39-33-10-9-28(20-38-33)42-15-13-40(3)14-16-42/h5-6,9-12,17-21,24,44H,1,7-8,13-16,22H2,2-4H3,(H,38,39)/b29-6-,30-23+. The van der Waals surface area contributed by atoms with Crippen molar-refractivity contribution in [3.05, 3.63) is 117 Å². The minimum atomic E-state index is -0.544. The molecule has 0 atom stereocenters. The number of anilines is 3. The number of hydrogen-bond donors (Lipinski definition) is 2. The number of likely N-dealkylation sites (N-methyl/N-ethyl adjacent to an activating group) is 1. The number of aliphatic hydroxyl groups excluding tert-OH is 1. The van der Waals surface area contributed by atoms with E-state index in [9.17, 15) is 14.7 Å². The van der Waals surface area contributed by atoms with E-state index in [-0.39, 0.29) is 10.9 Å². The van der Waals surface area contributed by atoms with Crippen LogP contribution < -0.4 is 21.3 Å². The van der Waals surface area contributed by atoms with Crippen molar-refractivity contribution >= 4 is 39.2 Å². The summed E-state index contributed by atoms with van der Waals surface area (Å²) in [5, 5.41) is 14.4. The number of pyridine rings is 3. The molecule has 1 saturated carbocycles. The van der Waals surface area contributed by atoms with Gasteiger partial charge in [0.15, 0.2) is 0 Å². The lowest BCUT2D eigenvalue weighted by Crippen LogP contribution is -2.44. The van der Waals surface area contributed by atoms with Gasteiger partial charge in [-0.05, 0) is 79.6 Å². The fourth-order valence-electron chi connectivity index (χ4n) is 6.09. The Balaban J connectivity index is 1.35. The zero-order chi connectivity index (χ0) is 32.5. The summed E-state index contributed by atoms with van der Waals surface area (Å²) in [6, 6.07) is 10.6. The second kappa shape index (κ2) is 12.9. The van der Waals surface area contributed by atoms with Gasteiger partial charge in [-0.15, -0.1) is 0 Å². The summed E-state index contributed by atoms with van der Waals surface area (Å²) in [7, 11) is 3.76. The van der Waals surface area contributed by atoms with Gasteiger partial charge in [-0.1, -0.05) is 24.8 Å². The monoisotopic (exact) mass is 622 g/mol. The van der Waals surface area contributed by atoms with Gasteiger partial charge < -0.3 is 24.8 Å². The zero-order valence-electron chi connectivity index (χ0n) is 26.5. The molecule has 0 unspecified atom stereocenters. The van der Waals surface area contributed by atoms with E-state index < -0.39 is 18.0 Å². The van der Waals surface area contributed by atoms with Gasteiger partial charge in [-0.2, -0.15) is 0 Å². The number of piperazine rings is 1. The molecule has 2 N–H and O–H groups in total. The second-order valence-electron chi connectivity index (χ2n) is 12.1. The maximum atomic E-state index is 15.3. The highest BCUT2D eigenvalue weighted by atomic mass is 19.1. The SMILES string of the molecule is C=C/C=C(\C(CO)=C(/C)n1ccc2cc(C3CC3)cc(F)c2c1=O)c1cc(Nc2ccc(N3CCN(C)CC3)cn2)c(=O)n(C)c1. The van der Waals surface area contributed by atoms with Gasteiger partial charge >= 0.3 is 0 Å². The molecule has 0 bridgehead atoms. The Hall–Kier alpha value is -4.80. The van der Waals surface area contributed by atoms with Crippen molar-refractivity contribution in [1.29, 1.82) is 0 Å². The van der Waals surface area contributed by atoms with Crippen LogP contribution in [0, 0.1) is 5.82 Å². The number of allylic oxidation sites excluding steroid dienone is 3. The normalized spacial score (nSPS) is 16.5. The van der Waals surface area contributed by atoms with E-state index >= 15 is 4.39 Å². The van der Waals surface area contributed by atoms with Crippen LogP contribution in [0.3, 0.4) is 0 Å². The third-order valence-electron chi connectivity index (χ3n) is 8.97. The number of nitrogens with zero attached hydrogens (tertiary/aromatic N) is 5. The van der Waals surface area contributed by atoms with Gasteiger partial charge in [0, 0.05) is 62.5 Å². The minimum absolute atomic E-state index is 0.0116. The van der Waals surface area contributed by atoms with E-state index in [4.69, 9.17) is 0 Å². The number of aryl methyl sites for hydroxylation is 1. The van der Waals surface area contributed by atoms with Gasteiger partial charge in [0.05, 0.1) is 23.9 Å². The number of hydrogen-bond acceptors (Lipinski definition) is 7. The summed E-state index contributed by atoms with van der Waals surface area (Å²) in [4.78, 5) is 36.0. The Bertz CT molecular complexity index is 1980. The molecule has 1 aromatic carbocycles. The number of rotatable bonds is 9. The zero-order valence-corrected chi connectivity index (χ0v) is 26.5. The first-order valence-electron chi connectivity index (χ1n) is 15.5. The van der Waals surface area contributed by atoms with E-state index in [2.05, 4.69) is 33.7 Å². The van der Waals surface area contributed by atoms with Crippen LogP contribution in [-0.4, -0.2) is 64.0 Å². The molecule has 3 aromatic heterocycles. The summed E-state index contributed by atoms with van der Waals surface area (Å²) in [5.41, 5.74) is 3.49. The lowest BCUT2D eigenvalue weighted by molar-refractivity contribution is 0.313. The summed E-state index contributed by atoms with van der Waals surface area (Å²) < 4.78 is 18.1. The van der Waals surface area contributed by atoms with Crippen molar-refractivity contribution in [3.63, 3.8) is 0 Å². The first-order chi connectivity index (χ1) is 22.2. The lowest BCUT2D eigenvalue weighted by Gasteiger charge is -2.33. The molecule has 10 heteroatoms. The summed E-state index contributed by atoms with van der Waals surface area (Å²) in [6.07, 6.45) is 10.4. The van der Waals surface area contributed by atoms with Gasteiger partial charge in [-0.3, -0.25) is 14.2 Å². The van der Waals surface area contributed by atoms with Crippen LogP contribution >= 0.6 is 0 Å². The van der Waals surface area contributed by atoms with Crippen LogP contribution in [0.4, 0.5) is 21.6 Å². The highest BCUT2D eigenvalue weighted by molar-refractivity contribution is 5.88. The number of benzene rings is 1. The highest BCUT2D eigenvalue weighted by Crippen LogP contribution is 2.41. The second-order valence-corrected chi connectivity index (χ2v) is 12.1. The summed E-state index contributed by atoms with van der Waals surface area (Å²) >= 11 is 0. The molecular formula is C36H39FN6O3. The largest absolute Gasteiger partial charge is 0.392 e. The number of fused-ring (bicyclic) bond motifs is 1.